The van der Waals surface area contributed by atoms with Gasteiger partial charge in [-0.1, -0.05) is 27.7 Å². The summed E-state index contributed by atoms with van der Waals surface area (Å²) in [5, 5.41) is 2.96. The predicted molar refractivity (Wildman–Crippen MR) is 79.4 cm³/mol. The molecule has 1 N–H and O–H groups in total. The van der Waals surface area contributed by atoms with Crippen LogP contribution in [0.5, 0.6) is 0 Å². The molecule has 0 bridgehead atoms. The molecule has 0 saturated carbocycles. The first kappa shape index (κ1) is 15.5. The van der Waals surface area contributed by atoms with Crippen molar-refractivity contribution in [1.29, 1.82) is 0 Å². The van der Waals surface area contributed by atoms with Crippen molar-refractivity contribution in [3.8, 4) is 0 Å². The van der Waals surface area contributed by atoms with E-state index in [4.69, 9.17) is 0 Å². The fraction of sp³-hybridized carbons (Fsp3) is 0.600. The minimum atomic E-state index is 0.0845. The lowest BCUT2D eigenvalue weighted by molar-refractivity contribution is 0.0715. The van der Waals surface area contributed by atoms with Crippen LogP contribution in [0.1, 0.15) is 38.1 Å². The molecule has 1 amide bonds. The van der Waals surface area contributed by atoms with Gasteiger partial charge >= 0.3 is 0 Å². The van der Waals surface area contributed by atoms with Crippen molar-refractivity contribution >= 4 is 11.7 Å². The lowest BCUT2D eigenvalue weighted by atomic mass is 10.1. The van der Waals surface area contributed by atoms with Gasteiger partial charge in [0, 0.05) is 31.9 Å². The van der Waals surface area contributed by atoms with Gasteiger partial charge in [-0.05, 0) is 24.0 Å². The molecule has 106 valence electrons. The first-order chi connectivity index (χ1) is 8.93. The fourth-order valence-corrected chi connectivity index (χ4v) is 2.00. The lowest BCUT2D eigenvalue weighted by Crippen LogP contribution is -2.37. The summed E-state index contributed by atoms with van der Waals surface area (Å²) in [5.41, 5.74) is 0.695. The van der Waals surface area contributed by atoms with Crippen molar-refractivity contribution in [2.45, 2.75) is 27.7 Å². The van der Waals surface area contributed by atoms with E-state index in [9.17, 15) is 4.79 Å². The molecule has 0 radical (unpaired) electrons. The molecule has 1 heterocycles. The molecule has 0 unspecified atom stereocenters. The number of nitrogens with zero attached hydrogens (tertiary/aromatic N) is 2. The summed E-state index contributed by atoms with van der Waals surface area (Å²) in [7, 11) is 1.80. The third kappa shape index (κ3) is 4.89. The summed E-state index contributed by atoms with van der Waals surface area (Å²) in [4.78, 5) is 18.6. The van der Waals surface area contributed by atoms with Crippen LogP contribution in [0.2, 0.25) is 0 Å². The number of amides is 1. The molecule has 1 aromatic rings. The average molecular weight is 263 g/mol. The molecule has 0 saturated heterocycles. The Labute approximate surface area is 116 Å². The molecule has 4 heteroatoms. The zero-order valence-corrected chi connectivity index (χ0v) is 12.6. The second-order valence-electron chi connectivity index (χ2n) is 5.68. The molecule has 0 atom stereocenters. The lowest BCUT2D eigenvalue weighted by Gasteiger charge is -2.26. The van der Waals surface area contributed by atoms with E-state index in [1.165, 1.54) is 0 Å². The van der Waals surface area contributed by atoms with E-state index in [-0.39, 0.29) is 5.91 Å². The highest BCUT2D eigenvalue weighted by Gasteiger charge is 2.18. The Kier molecular flexibility index (Phi) is 5.80. The first-order valence-corrected chi connectivity index (χ1v) is 6.87. The van der Waals surface area contributed by atoms with E-state index in [2.05, 4.69) is 38.0 Å². The normalized spacial score (nSPS) is 10.9. The van der Waals surface area contributed by atoms with Crippen LogP contribution in [0.4, 0.5) is 5.82 Å². The predicted octanol–water partition coefficient (Wildman–Crippen LogP) is 2.88. The highest BCUT2D eigenvalue weighted by Crippen LogP contribution is 2.12. The van der Waals surface area contributed by atoms with Crippen molar-refractivity contribution in [3.05, 3.63) is 23.9 Å². The Bertz CT molecular complexity index is 406. The number of hydrogen-bond donors (Lipinski definition) is 1. The number of anilines is 1. The van der Waals surface area contributed by atoms with Crippen LogP contribution in [0.15, 0.2) is 18.3 Å². The summed E-state index contributed by atoms with van der Waals surface area (Å²) in [6.45, 7) is 10.1. The molecular formula is C15H25N3O. The van der Waals surface area contributed by atoms with Crippen LogP contribution >= 0.6 is 0 Å². The van der Waals surface area contributed by atoms with Gasteiger partial charge in [0.2, 0.25) is 0 Å². The van der Waals surface area contributed by atoms with Gasteiger partial charge in [-0.15, -0.1) is 0 Å². The van der Waals surface area contributed by atoms with E-state index >= 15 is 0 Å². The van der Waals surface area contributed by atoms with Crippen molar-refractivity contribution in [2.24, 2.45) is 11.8 Å². The maximum absolute atomic E-state index is 12.6. The molecule has 1 aromatic heterocycles. The van der Waals surface area contributed by atoms with Crippen LogP contribution < -0.4 is 5.32 Å². The van der Waals surface area contributed by atoms with Crippen molar-refractivity contribution < 1.29 is 4.79 Å². The number of nitrogens with one attached hydrogen (secondary N) is 1. The molecule has 0 aliphatic heterocycles. The SMILES string of the molecule is CNc1cc(C(=O)N(CC(C)C)CC(C)C)ccn1. The summed E-state index contributed by atoms with van der Waals surface area (Å²) in [6, 6.07) is 3.58. The Morgan fingerprint density at radius 1 is 1.26 bits per heavy atom. The molecule has 19 heavy (non-hydrogen) atoms. The van der Waals surface area contributed by atoms with Gasteiger partial charge < -0.3 is 10.2 Å². The van der Waals surface area contributed by atoms with Gasteiger partial charge in [-0.2, -0.15) is 0 Å². The minimum absolute atomic E-state index is 0.0845. The number of hydrogen-bond acceptors (Lipinski definition) is 3. The average Bonchev–Trinajstić information content (AvgIpc) is 2.36. The maximum atomic E-state index is 12.6. The third-order valence-electron chi connectivity index (χ3n) is 2.72. The minimum Gasteiger partial charge on any atom is -0.373 e. The number of rotatable bonds is 6. The molecule has 4 nitrogen and oxygen atoms in total. The van der Waals surface area contributed by atoms with Gasteiger partial charge in [-0.3, -0.25) is 4.79 Å². The van der Waals surface area contributed by atoms with Crippen molar-refractivity contribution in [1.82, 2.24) is 9.88 Å². The summed E-state index contributed by atoms with van der Waals surface area (Å²) >= 11 is 0. The molecule has 0 spiro atoms. The van der Waals surface area contributed by atoms with Crippen molar-refractivity contribution in [2.75, 3.05) is 25.5 Å². The second-order valence-corrected chi connectivity index (χ2v) is 5.68. The highest BCUT2D eigenvalue weighted by molar-refractivity contribution is 5.94. The van der Waals surface area contributed by atoms with E-state index in [0.717, 1.165) is 18.9 Å². The standard InChI is InChI=1S/C15H25N3O/c1-11(2)9-18(10-12(3)4)15(19)13-6-7-17-14(8-13)16-5/h6-8,11-12H,9-10H2,1-5H3,(H,16,17). The van der Waals surface area contributed by atoms with Crippen LogP contribution in [-0.2, 0) is 0 Å². The largest absolute Gasteiger partial charge is 0.373 e. The topological polar surface area (TPSA) is 45.2 Å². The quantitative estimate of drug-likeness (QED) is 0.858. The van der Waals surface area contributed by atoms with Gasteiger partial charge in [0.05, 0.1) is 0 Å². The maximum Gasteiger partial charge on any atom is 0.254 e. The van der Waals surface area contributed by atoms with Crippen LogP contribution in [0, 0.1) is 11.8 Å². The monoisotopic (exact) mass is 263 g/mol. The Morgan fingerprint density at radius 2 is 1.84 bits per heavy atom. The molecular weight excluding hydrogens is 238 g/mol. The van der Waals surface area contributed by atoms with Gasteiger partial charge in [0.1, 0.15) is 5.82 Å². The van der Waals surface area contributed by atoms with E-state index in [1.54, 1.807) is 25.4 Å². The zero-order valence-electron chi connectivity index (χ0n) is 12.6. The third-order valence-corrected chi connectivity index (χ3v) is 2.72. The molecule has 0 aromatic carbocycles. The van der Waals surface area contributed by atoms with Crippen LogP contribution in [-0.4, -0.2) is 35.9 Å². The molecule has 0 aliphatic carbocycles. The molecule has 1 rings (SSSR count). The number of carbonyl (C=O) groups is 1. The molecule has 0 aliphatic rings. The van der Waals surface area contributed by atoms with Crippen LogP contribution in [0.3, 0.4) is 0 Å². The Hall–Kier alpha value is -1.58. The summed E-state index contributed by atoms with van der Waals surface area (Å²) < 4.78 is 0. The van der Waals surface area contributed by atoms with Crippen molar-refractivity contribution in [3.63, 3.8) is 0 Å². The second kappa shape index (κ2) is 7.12. The Balaban J connectivity index is 2.90. The van der Waals surface area contributed by atoms with Gasteiger partial charge in [0.25, 0.3) is 5.91 Å². The number of aromatic nitrogens is 1. The summed E-state index contributed by atoms with van der Waals surface area (Å²) in [6.07, 6.45) is 1.67. The van der Waals surface area contributed by atoms with E-state index in [1.807, 2.05) is 4.90 Å². The molecule has 0 fully saturated rings. The summed E-state index contributed by atoms with van der Waals surface area (Å²) in [5.74, 6) is 1.74. The smallest absolute Gasteiger partial charge is 0.254 e. The van der Waals surface area contributed by atoms with E-state index in [0.29, 0.717) is 17.4 Å². The van der Waals surface area contributed by atoms with E-state index < -0.39 is 0 Å². The fourth-order valence-electron chi connectivity index (χ4n) is 2.00. The highest BCUT2D eigenvalue weighted by atomic mass is 16.2. The van der Waals surface area contributed by atoms with Gasteiger partial charge in [-0.25, -0.2) is 4.98 Å². The Morgan fingerprint density at radius 3 is 2.32 bits per heavy atom. The number of pyridine rings is 1. The number of carbonyl (C=O) groups excluding carboxylic acids is 1. The zero-order chi connectivity index (χ0) is 14.4. The van der Waals surface area contributed by atoms with Crippen LogP contribution in [0.25, 0.3) is 0 Å². The van der Waals surface area contributed by atoms with Gasteiger partial charge in [0.15, 0.2) is 0 Å². The first-order valence-electron chi connectivity index (χ1n) is 6.87.